The predicted octanol–water partition coefficient (Wildman–Crippen LogP) is -4.68. The van der Waals surface area contributed by atoms with Crippen molar-refractivity contribution < 1.29 is 63.1 Å². The van der Waals surface area contributed by atoms with Crippen LogP contribution in [0.25, 0.3) is 0 Å². The van der Waals surface area contributed by atoms with Crippen LogP contribution in [0.2, 0.25) is 0 Å². The largest absolute Gasteiger partial charge is 0.394 e. The highest BCUT2D eigenvalue weighted by atomic mass is 33.1. The lowest BCUT2D eigenvalue weighted by atomic mass is 9.97. The van der Waals surface area contributed by atoms with E-state index in [0.29, 0.717) is 10.8 Å². The van der Waals surface area contributed by atoms with Crippen LogP contribution < -0.4 is 0 Å². The molecule has 2 aliphatic rings. The van der Waals surface area contributed by atoms with E-state index in [1.807, 2.05) is 0 Å². The molecule has 0 aromatic heterocycles. The highest BCUT2D eigenvalue weighted by Gasteiger charge is 2.50. The predicted molar refractivity (Wildman–Crippen MR) is 99.7 cm³/mol. The van der Waals surface area contributed by atoms with Gasteiger partial charge in [0.15, 0.2) is 21.4 Å². The van der Waals surface area contributed by atoms with Crippen LogP contribution in [0.15, 0.2) is 0 Å². The molecule has 2 aliphatic heterocycles. The van der Waals surface area contributed by atoms with Crippen molar-refractivity contribution in [1.29, 1.82) is 0 Å². The lowest BCUT2D eigenvalue weighted by Crippen LogP contribution is -2.64. The van der Waals surface area contributed by atoms with Gasteiger partial charge in [-0.2, -0.15) is 0 Å². The van der Waals surface area contributed by atoms with Gasteiger partial charge in [0, 0.05) is 12.0 Å². The second kappa shape index (κ2) is 11.1. The summed E-state index contributed by atoms with van der Waals surface area (Å²) in [6, 6.07) is 0. The Kier molecular flexibility index (Phi) is 9.69. The van der Waals surface area contributed by atoms with Gasteiger partial charge in [0.2, 0.25) is 0 Å². The molecule has 0 radical (unpaired) electrons. The lowest BCUT2D eigenvalue weighted by Gasteiger charge is -2.45. The van der Waals surface area contributed by atoms with E-state index in [1.165, 1.54) is 0 Å². The van der Waals surface area contributed by atoms with Crippen molar-refractivity contribution in [3.05, 3.63) is 0 Å². The minimum Gasteiger partial charge on any atom is -0.394 e. The molecule has 178 valence electrons. The van der Waals surface area contributed by atoms with Crippen LogP contribution in [0.5, 0.6) is 0 Å². The van der Waals surface area contributed by atoms with Gasteiger partial charge in [0.05, 0.1) is 19.8 Å². The fourth-order valence-electron chi connectivity index (χ4n) is 3.04. The summed E-state index contributed by atoms with van der Waals surface area (Å²) in [5, 5.41) is 69.2. The van der Waals surface area contributed by atoms with E-state index in [4.69, 9.17) is 18.9 Å². The fraction of sp³-hybridized carbons (Fsp3) is 1.00. The Morgan fingerprint density at radius 1 is 0.833 bits per heavy atom. The van der Waals surface area contributed by atoms with Crippen LogP contribution in [0.3, 0.4) is 0 Å². The number of hydrogen-bond acceptors (Lipinski definition) is 14. The lowest BCUT2D eigenvalue weighted by molar-refractivity contribution is -0.359. The summed E-state index contributed by atoms with van der Waals surface area (Å²) in [5.41, 5.74) is 0. The quantitative estimate of drug-likeness (QED) is 0.122. The van der Waals surface area contributed by atoms with E-state index in [-0.39, 0.29) is 12.4 Å². The molecule has 7 N–H and O–H groups in total. The van der Waals surface area contributed by atoms with Gasteiger partial charge in [-0.1, -0.05) is 0 Å². The molecule has 0 spiro atoms. The van der Waals surface area contributed by atoms with Gasteiger partial charge in [0.25, 0.3) is 0 Å². The SMILES string of the molecule is CS(=O)(=O)SCCO[C@@H]1O[C@H](CO)[C@@H](O[C@@H]2O[C@H](CO)[C@H](O)[C@H](O)[C@H]2O)[C@H](O)[C@H]1O. The average Bonchev–Trinajstić information content (AvgIpc) is 2.69. The Morgan fingerprint density at radius 2 is 1.40 bits per heavy atom. The van der Waals surface area contributed by atoms with Crippen molar-refractivity contribution in [2.24, 2.45) is 0 Å². The molecule has 0 bridgehead atoms. The molecule has 2 fully saturated rings. The van der Waals surface area contributed by atoms with E-state index in [9.17, 15) is 44.2 Å². The molecule has 0 unspecified atom stereocenters. The van der Waals surface area contributed by atoms with Crippen molar-refractivity contribution in [3.63, 3.8) is 0 Å². The molecule has 30 heavy (non-hydrogen) atoms. The third-order valence-corrected chi connectivity index (χ3v) is 7.17. The summed E-state index contributed by atoms with van der Waals surface area (Å²) in [7, 11) is -2.66. The number of hydrogen-bond donors (Lipinski definition) is 7. The summed E-state index contributed by atoms with van der Waals surface area (Å²) < 4.78 is 43.4. The fourth-order valence-corrected chi connectivity index (χ4v) is 4.62. The molecule has 2 rings (SSSR count). The highest BCUT2D eigenvalue weighted by Crippen LogP contribution is 2.29. The molecule has 10 atom stereocenters. The van der Waals surface area contributed by atoms with E-state index >= 15 is 0 Å². The van der Waals surface area contributed by atoms with Crippen molar-refractivity contribution in [2.45, 2.75) is 61.4 Å². The van der Waals surface area contributed by atoms with Crippen LogP contribution in [0.1, 0.15) is 0 Å². The maximum atomic E-state index is 11.1. The highest BCUT2D eigenvalue weighted by molar-refractivity contribution is 8.71. The molecule has 15 heteroatoms. The first-order valence-corrected chi connectivity index (χ1v) is 12.4. The Hall–Kier alpha value is -0.140. The van der Waals surface area contributed by atoms with Crippen LogP contribution in [-0.2, 0) is 27.8 Å². The third-order valence-electron chi connectivity index (χ3n) is 4.62. The van der Waals surface area contributed by atoms with Crippen LogP contribution in [0.4, 0.5) is 0 Å². The smallest absolute Gasteiger partial charge is 0.198 e. The second-order valence-corrected chi connectivity index (χ2v) is 11.5. The van der Waals surface area contributed by atoms with Gasteiger partial charge in [-0.15, -0.1) is 0 Å². The van der Waals surface area contributed by atoms with Crippen LogP contribution in [0, 0.1) is 0 Å². The van der Waals surface area contributed by atoms with E-state index in [1.54, 1.807) is 0 Å². The summed E-state index contributed by atoms with van der Waals surface area (Å²) in [6.45, 7) is -1.52. The number of ether oxygens (including phenoxy) is 4. The first kappa shape index (κ1) is 26.1. The molecule has 2 heterocycles. The Morgan fingerprint density at radius 3 is 1.97 bits per heavy atom. The van der Waals surface area contributed by atoms with Gasteiger partial charge in [-0.3, -0.25) is 0 Å². The zero-order valence-corrected chi connectivity index (χ0v) is 17.6. The van der Waals surface area contributed by atoms with Crippen LogP contribution >= 0.6 is 10.8 Å². The Balaban J connectivity index is 2.00. The van der Waals surface area contributed by atoms with E-state index < -0.39 is 83.5 Å². The first-order chi connectivity index (χ1) is 14.0. The Labute approximate surface area is 176 Å². The molecular formula is C15H28O13S2. The van der Waals surface area contributed by atoms with E-state index in [0.717, 1.165) is 6.26 Å². The molecule has 0 amide bonds. The van der Waals surface area contributed by atoms with Crippen molar-refractivity contribution in [1.82, 2.24) is 0 Å². The van der Waals surface area contributed by atoms with Gasteiger partial charge < -0.3 is 54.7 Å². The second-order valence-electron chi connectivity index (χ2n) is 6.90. The molecule has 0 aromatic rings. The molecule has 0 aliphatic carbocycles. The minimum atomic E-state index is -3.28. The van der Waals surface area contributed by atoms with Gasteiger partial charge >= 0.3 is 0 Å². The zero-order chi connectivity index (χ0) is 22.6. The zero-order valence-electron chi connectivity index (χ0n) is 16.0. The van der Waals surface area contributed by atoms with Gasteiger partial charge in [-0.25, -0.2) is 8.42 Å². The third kappa shape index (κ3) is 6.44. The molecule has 0 aromatic carbocycles. The minimum absolute atomic E-state index is 0.0378. The van der Waals surface area contributed by atoms with Crippen molar-refractivity contribution >= 4 is 19.7 Å². The van der Waals surface area contributed by atoms with E-state index in [2.05, 4.69) is 0 Å². The summed E-state index contributed by atoms with van der Waals surface area (Å²) in [5.74, 6) is 0.0378. The molecule has 2 saturated heterocycles. The molecule has 13 nitrogen and oxygen atoms in total. The number of rotatable bonds is 9. The van der Waals surface area contributed by atoms with Crippen LogP contribution in [-0.4, -0.2) is 137 Å². The Bertz CT molecular complexity index is 630. The maximum absolute atomic E-state index is 11.1. The van der Waals surface area contributed by atoms with Gasteiger partial charge in [0.1, 0.15) is 48.8 Å². The average molecular weight is 481 g/mol. The summed E-state index contributed by atoms with van der Waals surface area (Å²) in [4.78, 5) is 0. The van der Waals surface area contributed by atoms with Gasteiger partial charge in [-0.05, 0) is 10.8 Å². The first-order valence-electron chi connectivity index (χ1n) is 9.04. The van der Waals surface area contributed by atoms with Crippen molar-refractivity contribution in [3.8, 4) is 0 Å². The molecule has 0 saturated carbocycles. The number of aliphatic hydroxyl groups is 7. The monoisotopic (exact) mass is 480 g/mol. The van der Waals surface area contributed by atoms with Crippen molar-refractivity contribution in [2.75, 3.05) is 31.8 Å². The topological polar surface area (TPSA) is 213 Å². The number of aliphatic hydroxyl groups excluding tert-OH is 7. The standard InChI is InChI=1S/C15H28O13S2/c1-30(23,24)29-3-2-25-14-12(22)10(20)13(7(5-17)27-14)28-15-11(21)9(19)8(18)6(4-16)26-15/h6-22H,2-5H2,1H3/t6-,7-,8+,9+,10-,11-,12-,13-,14-,15+/m1/s1. The normalized spacial score (nSPS) is 42.9. The maximum Gasteiger partial charge on any atom is 0.198 e. The summed E-state index contributed by atoms with van der Waals surface area (Å²) >= 11 is 0. The molecular weight excluding hydrogens is 452 g/mol. The summed E-state index contributed by atoms with van der Waals surface area (Å²) in [6.07, 6.45) is -14.4.